The first kappa shape index (κ1) is 14.8. The van der Waals surface area contributed by atoms with Gasteiger partial charge in [-0.1, -0.05) is 31.4 Å². The zero-order chi connectivity index (χ0) is 13.7. The van der Waals surface area contributed by atoms with E-state index in [1.807, 2.05) is 6.20 Å². The van der Waals surface area contributed by atoms with Crippen LogP contribution in [0.25, 0.3) is 0 Å². The van der Waals surface area contributed by atoms with Gasteiger partial charge >= 0.3 is 0 Å². The van der Waals surface area contributed by atoms with Crippen molar-refractivity contribution in [2.45, 2.75) is 39.0 Å². The van der Waals surface area contributed by atoms with Crippen molar-refractivity contribution in [1.82, 2.24) is 10.3 Å². The van der Waals surface area contributed by atoms with Gasteiger partial charge in [-0.15, -0.1) is 0 Å². The Balaban J connectivity index is 2.07. The Morgan fingerprint density at radius 1 is 1.37 bits per heavy atom. The van der Waals surface area contributed by atoms with Crippen LogP contribution in [0, 0.1) is 17.8 Å². The maximum Gasteiger partial charge on any atom is 0.0621 e. The summed E-state index contributed by atoms with van der Waals surface area (Å²) in [5, 5.41) is 4.18. The zero-order valence-electron chi connectivity index (χ0n) is 12.0. The van der Waals surface area contributed by atoms with Gasteiger partial charge in [-0.25, -0.2) is 0 Å². The summed E-state index contributed by atoms with van der Waals surface area (Å²) >= 11 is 6.26. The molecule has 106 valence electrons. The monoisotopic (exact) mass is 280 g/mol. The van der Waals surface area contributed by atoms with Gasteiger partial charge in [0.2, 0.25) is 0 Å². The normalized spacial score (nSPS) is 27.4. The number of rotatable bonds is 5. The number of pyridine rings is 1. The van der Waals surface area contributed by atoms with Crippen LogP contribution in [-0.2, 0) is 6.42 Å². The van der Waals surface area contributed by atoms with Crippen LogP contribution in [0.5, 0.6) is 0 Å². The number of nitrogens with one attached hydrogen (secondary N) is 1. The maximum absolute atomic E-state index is 6.26. The summed E-state index contributed by atoms with van der Waals surface area (Å²) in [7, 11) is 2.06. The molecule has 0 amide bonds. The third kappa shape index (κ3) is 3.93. The minimum atomic E-state index is 0.756. The molecular weight excluding hydrogens is 256 g/mol. The van der Waals surface area contributed by atoms with Crippen molar-refractivity contribution in [1.29, 1.82) is 0 Å². The van der Waals surface area contributed by atoms with Gasteiger partial charge in [0, 0.05) is 12.4 Å². The predicted molar refractivity (Wildman–Crippen MR) is 81.5 cm³/mol. The van der Waals surface area contributed by atoms with E-state index in [0.717, 1.165) is 35.7 Å². The Labute approximate surface area is 122 Å². The summed E-state index contributed by atoms with van der Waals surface area (Å²) in [6.45, 7) is 3.45. The second-order valence-electron chi connectivity index (χ2n) is 5.84. The molecular formula is C16H25ClN2. The van der Waals surface area contributed by atoms with E-state index in [0.29, 0.717) is 0 Å². The Morgan fingerprint density at radius 3 is 2.89 bits per heavy atom. The van der Waals surface area contributed by atoms with Crippen molar-refractivity contribution in [2.75, 3.05) is 13.6 Å². The van der Waals surface area contributed by atoms with E-state index in [-0.39, 0.29) is 0 Å². The Bertz CT molecular complexity index is 394. The molecule has 3 atom stereocenters. The van der Waals surface area contributed by atoms with Gasteiger partial charge < -0.3 is 5.32 Å². The fourth-order valence-corrected chi connectivity index (χ4v) is 3.62. The maximum atomic E-state index is 6.26. The van der Waals surface area contributed by atoms with Crippen molar-refractivity contribution in [3.8, 4) is 0 Å². The number of hydrogen-bond acceptors (Lipinski definition) is 2. The van der Waals surface area contributed by atoms with Crippen LogP contribution in [0.4, 0.5) is 0 Å². The van der Waals surface area contributed by atoms with Gasteiger partial charge in [-0.05, 0) is 62.2 Å². The van der Waals surface area contributed by atoms with Crippen LogP contribution in [0.1, 0.15) is 38.2 Å². The fourth-order valence-electron chi connectivity index (χ4n) is 3.43. The predicted octanol–water partition coefficient (Wildman–Crippen LogP) is 3.94. The molecule has 1 fully saturated rings. The SMILES string of the molecule is CCC1CCC(CNC)C(Cc2ccncc2Cl)C1. The summed E-state index contributed by atoms with van der Waals surface area (Å²) in [4.78, 5) is 4.08. The van der Waals surface area contributed by atoms with Gasteiger partial charge in [0.05, 0.1) is 5.02 Å². The second kappa shape index (κ2) is 7.25. The van der Waals surface area contributed by atoms with E-state index in [9.17, 15) is 0 Å². The molecule has 0 aromatic carbocycles. The molecule has 0 radical (unpaired) electrons. The molecule has 0 bridgehead atoms. The fraction of sp³-hybridized carbons (Fsp3) is 0.688. The first-order valence-electron chi connectivity index (χ1n) is 7.47. The lowest BCUT2D eigenvalue weighted by atomic mass is 9.71. The third-order valence-electron chi connectivity index (χ3n) is 4.63. The highest BCUT2D eigenvalue weighted by Gasteiger charge is 2.29. The minimum Gasteiger partial charge on any atom is -0.319 e. The van der Waals surface area contributed by atoms with Crippen LogP contribution < -0.4 is 5.32 Å². The average molecular weight is 281 g/mol. The van der Waals surface area contributed by atoms with Crippen molar-refractivity contribution < 1.29 is 0 Å². The molecule has 1 aromatic heterocycles. The molecule has 2 rings (SSSR count). The molecule has 0 aliphatic heterocycles. The Kier molecular flexibility index (Phi) is 5.65. The van der Waals surface area contributed by atoms with E-state index in [1.165, 1.54) is 31.2 Å². The lowest BCUT2D eigenvalue weighted by molar-refractivity contribution is 0.173. The standard InChI is InChI=1S/C16H25ClN2/c1-3-12-4-5-14(10-18-2)15(8-12)9-13-6-7-19-11-16(13)17/h6-7,11-12,14-15,18H,3-5,8-10H2,1-2H3. The highest BCUT2D eigenvalue weighted by atomic mass is 35.5. The smallest absolute Gasteiger partial charge is 0.0621 e. The van der Waals surface area contributed by atoms with Gasteiger partial charge in [0.15, 0.2) is 0 Å². The van der Waals surface area contributed by atoms with E-state index >= 15 is 0 Å². The van der Waals surface area contributed by atoms with E-state index < -0.39 is 0 Å². The van der Waals surface area contributed by atoms with Gasteiger partial charge in [0.25, 0.3) is 0 Å². The van der Waals surface area contributed by atoms with E-state index in [2.05, 4.69) is 30.3 Å². The van der Waals surface area contributed by atoms with Gasteiger partial charge in [0.1, 0.15) is 0 Å². The summed E-state index contributed by atoms with van der Waals surface area (Å²) in [5.41, 5.74) is 1.26. The zero-order valence-corrected chi connectivity index (χ0v) is 12.8. The molecule has 1 aromatic rings. The topological polar surface area (TPSA) is 24.9 Å². The molecule has 19 heavy (non-hydrogen) atoms. The number of halogens is 1. The van der Waals surface area contributed by atoms with Crippen molar-refractivity contribution in [2.24, 2.45) is 17.8 Å². The molecule has 0 spiro atoms. The number of nitrogens with zero attached hydrogens (tertiary/aromatic N) is 1. The van der Waals surface area contributed by atoms with Crippen LogP contribution >= 0.6 is 11.6 Å². The molecule has 2 nitrogen and oxygen atoms in total. The van der Waals surface area contributed by atoms with Crippen LogP contribution in [0.2, 0.25) is 5.02 Å². The van der Waals surface area contributed by atoms with Crippen molar-refractivity contribution in [3.05, 3.63) is 29.0 Å². The van der Waals surface area contributed by atoms with Crippen LogP contribution in [0.15, 0.2) is 18.5 Å². The first-order chi connectivity index (χ1) is 9.24. The molecule has 3 heteroatoms. The molecule has 1 aliphatic rings. The molecule has 1 N–H and O–H groups in total. The average Bonchev–Trinajstić information content (AvgIpc) is 2.43. The quantitative estimate of drug-likeness (QED) is 0.884. The van der Waals surface area contributed by atoms with Gasteiger partial charge in [-0.2, -0.15) is 0 Å². The minimum absolute atomic E-state index is 0.756. The lowest BCUT2D eigenvalue weighted by Gasteiger charge is -2.36. The van der Waals surface area contributed by atoms with E-state index in [4.69, 9.17) is 11.6 Å². The van der Waals surface area contributed by atoms with Crippen LogP contribution in [0.3, 0.4) is 0 Å². The summed E-state index contributed by atoms with van der Waals surface area (Å²) in [6, 6.07) is 2.08. The Morgan fingerprint density at radius 2 is 2.21 bits per heavy atom. The van der Waals surface area contributed by atoms with Gasteiger partial charge in [-0.3, -0.25) is 4.98 Å². The van der Waals surface area contributed by atoms with Crippen molar-refractivity contribution in [3.63, 3.8) is 0 Å². The second-order valence-corrected chi connectivity index (χ2v) is 6.24. The number of hydrogen-bond donors (Lipinski definition) is 1. The van der Waals surface area contributed by atoms with Crippen molar-refractivity contribution >= 4 is 11.6 Å². The molecule has 1 heterocycles. The van der Waals surface area contributed by atoms with Crippen LogP contribution in [-0.4, -0.2) is 18.6 Å². The summed E-state index contributed by atoms with van der Waals surface area (Å²) < 4.78 is 0. The Hall–Kier alpha value is -0.600. The van der Waals surface area contributed by atoms with E-state index in [1.54, 1.807) is 6.20 Å². The molecule has 1 saturated carbocycles. The first-order valence-corrected chi connectivity index (χ1v) is 7.85. The summed E-state index contributed by atoms with van der Waals surface area (Å²) in [6.07, 6.45) is 10.1. The summed E-state index contributed by atoms with van der Waals surface area (Å²) in [5.74, 6) is 2.45. The third-order valence-corrected chi connectivity index (χ3v) is 4.97. The highest BCUT2D eigenvalue weighted by molar-refractivity contribution is 6.31. The molecule has 0 saturated heterocycles. The lowest BCUT2D eigenvalue weighted by Crippen LogP contribution is -2.33. The highest BCUT2D eigenvalue weighted by Crippen LogP contribution is 2.37. The molecule has 3 unspecified atom stereocenters. The number of aromatic nitrogens is 1. The largest absolute Gasteiger partial charge is 0.319 e. The molecule has 1 aliphatic carbocycles.